The molecule has 1 aliphatic heterocycles. The molecule has 1 N–H and O–H groups in total. The molecule has 3 aromatic rings. The van der Waals surface area contributed by atoms with Crippen molar-refractivity contribution in [1.29, 1.82) is 0 Å². The average molecular weight is 369 g/mol. The molecule has 0 aliphatic carbocycles. The number of piperazine rings is 1. The summed E-state index contributed by atoms with van der Waals surface area (Å²) in [5.74, 6) is -0.116. The Kier molecular flexibility index (Phi) is 4.52. The van der Waals surface area contributed by atoms with E-state index in [1.807, 2.05) is 13.0 Å². The first-order valence-electron chi connectivity index (χ1n) is 8.52. The molecule has 0 atom stereocenters. The number of carbonyl (C=O) groups is 1. The van der Waals surface area contributed by atoms with E-state index in [1.165, 1.54) is 0 Å². The normalized spacial score (nSPS) is 15.5. The monoisotopic (exact) mass is 369 g/mol. The number of H-pyrrole nitrogens is 1. The number of aromatic amines is 1. The number of aryl methyl sites for hydroxylation is 1. The van der Waals surface area contributed by atoms with Crippen molar-refractivity contribution in [2.24, 2.45) is 0 Å². The Bertz CT molecular complexity index is 1000. The maximum absolute atomic E-state index is 12.7. The second-order valence-electron chi connectivity index (χ2n) is 6.36. The number of carbonyl (C=O) groups excluding carboxylic acids is 1. The van der Waals surface area contributed by atoms with Crippen LogP contribution < -0.4 is 5.56 Å². The average Bonchev–Trinajstić information content (AvgIpc) is 3.06. The summed E-state index contributed by atoms with van der Waals surface area (Å²) < 4.78 is 0. The van der Waals surface area contributed by atoms with Crippen LogP contribution in [0.2, 0.25) is 0 Å². The molecule has 3 heterocycles. The van der Waals surface area contributed by atoms with Gasteiger partial charge in [0.2, 0.25) is 0 Å². The van der Waals surface area contributed by atoms with Crippen molar-refractivity contribution in [1.82, 2.24) is 24.8 Å². The van der Waals surface area contributed by atoms with E-state index in [0.29, 0.717) is 24.0 Å². The summed E-state index contributed by atoms with van der Waals surface area (Å²) in [7, 11) is 0. The first kappa shape index (κ1) is 16.9. The van der Waals surface area contributed by atoms with Crippen LogP contribution in [-0.2, 0) is 6.54 Å². The molecule has 0 spiro atoms. The minimum absolute atomic E-state index is 0.109. The van der Waals surface area contributed by atoms with Gasteiger partial charge in [0.25, 0.3) is 11.5 Å². The molecule has 0 unspecified atom stereocenters. The zero-order valence-corrected chi connectivity index (χ0v) is 15.3. The highest BCUT2D eigenvalue weighted by atomic mass is 32.1. The molecule has 8 heteroatoms. The van der Waals surface area contributed by atoms with Crippen LogP contribution in [0.25, 0.3) is 10.9 Å². The van der Waals surface area contributed by atoms with E-state index >= 15 is 0 Å². The fourth-order valence-corrected chi connectivity index (χ4v) is 3.76. The third kappa shape index (κ3) is 3.38. The van der Waals surface area contributed by atoms with Crippen LogP contribution in [0.1, 0.15) is 21.3 Å². The lowest BCUT2D eigenvalue weighted by Crippen LogP contribution is -2.48. The smallest absolute Gasteiger partial charge is 0.289 e. The Morgan fingerprint density at radius 1 is 1.19 bits per heavy atom. The van der Waals surface area contributed by atoms with Crippen LogP contribution in [0.4, 0.5) is 0 Å². The van der Waals surface area contributed by atoms with Crippen LogP contribution in [0, 0.1) is 6.92 Å². The summed E-state index contributed by atoms with van der Waals surface area (Å²) in [6.07, 6.45) is 0. The molecular weight excluding hydrogens is 350 g/mol. The van der Waals surface area contributed by atoms with E-state index in [-0.39, 0.29) is 17.3 Å². The van der Waals surface area contributed by atoms with E-state index in [1.54, 1.807) is 34.4 Å². The van der Waals surface area contributed by atoms with Gasteiger partial charge in [-0.1, -0.05) is 12.1 Å². The van der Waals surface area contributed by atoms with Gasteiger partial charge in [0.1, 0.15) is 0 Å². The quantitative estimate of drug-likeness (QED) is 0.759. The number of hydrogen-bond donors (Lipinski definition) is 1. The Morgan fingerprint density at radius 2 is 1.96 bits per heavy atom. The minimum Gasteiger partial charge on any atom is -0.333 e. The van der Waals surface area contributed by atoms with Crippen molar-refractivity contribution in [3.8, 4) is 0 Å². The lowest BCUT2D eigenvalue weighted by atomic mass is 10.2. The van der Waals surface area contributed by atoms with E-state index in [0.717, 1.165) is 30.3 Å². The third-order valence-electron chi connectivity index (χ3n) is 4.53. The highest BCUT2D eigenvalue weighted by Gasteiger charge is 2.24. The first-order valence-corrected chi connectivity index (χ1v) is 9.40. The summed E-state index contributed by atoms with van der Waals surface area (Å²) in [6.45, 7) is 5.58. The molecule has 1 saturated heterocycles. The van der Waals surface area contributed by atoms with Gasteiger partial charge in [-0.2, -0.15) is 0 Å². The molecule has 0 bridgehead atoms. The molecule has 7 nitrogen and oxygen atoms in total. The summed E-state index contributed by atoms with van der Waals surface area (Å²) in [5.41, 5.74) is 1.33. The van der Waals surface area contributed by atoms with Crippen molar-refractivity contribution in [2.45, 2.75) is 13.5 Å². The van der Waals surface area contributed by atoms with Crippen LogP contribution in [-0.4, -0.2) is 56.8 Å². The molecule has 26 heavy (non-hydrogen) atoms. The Labute approximate surface area is 154 Å². The number of amides is 1. The van der Waals surface area contributed by atoms with E-state index in [4.69, 9.17) is 0 Å². The van der Waals surface area contributed by atoms with E-state index in [2.05, 4.69) is 25.2 Å². The van der Waals surface area contributed by atoms with Gasteiger partial charge >= 0.3 is 0 Å². The Morgan fingerprint density at radius 3 is 2.69 bits per heavy atom. The van der Waals surface area contributed by atoms with E-state index < -0.39 is 0 Å². The Hall–Kier alpha value is -2.58. The van der Waals surface area contributed by atoms with Crippen molar-refractivity contribution in [3.63, 3.8) is 0 Å². The zero-order chi connectivity index (χ0) is 18.1. The number of hydrogen-bond acceptors (Lipinski definition) is 6. The van der Waals surface area contributed by atoms with Crippen LogP contribution in [0.15, 0.2) is 34.4 Å². The maximum Gasteiger partial charge on any atom is 0.289 e. The number of benzene rings is 1. The van der Waals surface area contributed by atoms with Crippen molar-refractivity contribution < 1.29 is 4.79 Å². The summed E-state index contributed by atoms with van der Waals surface area (Å²) in [5, 5.41) is 3.64. The van der Waals surface area contributed by atoms with Crippen LogP contribution >= 0.6 is 11.3 Å². The zero-order valence-electron chi connectivity index (χ0n) is 14.4. The van der Waals surface area contributed by atoms with Gasteiger partial charge in [-0.25, -0.2) is 9.97 Å². The van der Waals surface area contributed by atoms with Gasteiger partial charge in [-0.3, -0.25) is 14.5 Å². The van der Waals surface area contributed by atoms with Gasteiger partial charge in [0, 0.05) is 38.1 Å². The van der Waals surface area contributed by atoms with Gasteiger partial charge in [-0.15, -0.1) is 11.3 Å². The molecule has 134 valence electrons. The fraction of sp³-hybridized carbons (Fsp3) is 0.333. The molecule has 0 saturated carbocycles. The largest absolute Gasteiger partial charge is 0.333 e. The lowest BCUT2D eigenvalue weighted by molar-refractivity contribution is 0.0615. The van der Waals surface area contributed by atoms with Gasteiger partial charge < -0.3 is 9.88 Å². The predicted octanol–water partition coefficient (Wildman–Crippen LogP) is 1.65. The minimum atomic E-state index is -0.281. The van der Waals surface area contributed by atoms with Crippen molar-refractivity contribution >= 4 is 28.1 Å². The second kappa shape index (κ2) is 6.97. The van der Waals surface area contributed by atoms with Crippen LogP contribution in [0.5, 0.6) is 0 Å². The number of aromatic nitrogens is 3. The number of nitrogens with one attached hydrogen (secondary N) is 1. The number of thiazole rings is 1. The molecule has 1 fully saturated rings. The third-order valence-corrected chi connectivity index (χ3v) is 5.35. The lowest BCUT2D eigenvalue weighted by Gasteiger charge is -2.34. The number of fused-ring (bicyclic) bond motifs is 1. The van der Waals surface area contributed by atoms with E-state index in [9.17, 15) is 9.59 Å². The van der Waals surface area contributed by atoms with Gasteiger partial charge in [0.15, 0.2) is 5.82 Å². The molecule has 4 rings (SSSR count). The molecule has 2 aromatic heterocycles. The van der Waals surface area contributed by atoms with Gasteiger partial charge in [-0.05, 0) is 19.1 Å². The number of nitrogens with zero attached hydrogens (tertiary/aromatic N) is 4. The molecule has 1 amide bonds. The number of rotatable bonds is 3. The van der Waals surface area contributed by atoms with Crippen LogP contribution in [0.3, 0.4) is 0 Å². The highest BCUT2D eigenvalue weighted by Crippen LogP contribution is 2.13. The van der Waals surface area contributed by atoms with Gasteiger partial charge in [0.05, 0.1) is 21.6 Å². The summed E-state index contributed by atoms with van der Waals surface area (Å²) >= 11 is 1.65. The molecule has 0 radical (unpaired) electrons. The molecule has 1 aromatic carbocycles. The topological polar surface area (TPSA) is 82.2 Å². The molecular formula is C18H19N5O2S. The number of para-hydroxylation sites is 1. The predicted molar refractivity (Wildman–Crippen MR) is 100 cm³/mol. The summed E-state index contributed by atoms with van der Waals surface area (Å²) in [6, 6.07) is 7.04. The second-order valence-corrected chi connectivity index (χ2v) is 7.42. The maximum atomic E-state index is 12.7. The first-order chi connectivity index (χ1) is 12.6. The summed E-state index contributed by atoms with van der Waals surface area (Å²) in [4.78, 5) is 40.4. The molecule has 1 aliphatic rings. The van der Waals surface area contributed by atoms with Crippen molar-refractivity contribution in [3.05, 3.63) is 56.5 Å². The highest BCUT2D eigenvalue weighted by molar-refractivity contribution is 7.09. The van der Waals surface area contributed by atoms with Crippen molar-refractivity contribution in [2.75, 3.05) is 26.2 Å². The SMILES string of the molecule is Cc1nc(CN2CCN(C(=O)c3nc4ccccc4c(=O)[nH]3)CC2)cs1. The standard InChI is InChI=1S/C18H19N5O2S/c1-12-19-13(11-26-12)10-22-6-8-23(9-7-22)18(25)16-20-15-5-3-2-4-14(15)17(24)21-16/h2-5,11H,6-10H2,1H3,(H,20,21,24). The fourth-order valence-electron chi connectivity index (χ4n) is 3.16. The Balaban J connectivity index is 1.44.